The van der Waals surface area contributed by atoms with Crippen molar-refractivity contribution in [2.75, 3.05) is 19.5 Å². The third kappa shape index (κ3) is 3.06. The Bertz CT molecular complexity index is 294. The lowest BCUT2D eigenvalue weighted by atomic mass is 10.4. The molecule has 0 bridgehead atoms. The first-order valence-electron chi connectivity index (χ1n) is 4.78. The van der Waals surface area contributed by atoms with Gasteiger partial charge < -0.3 is 4.74 Å². The molecule has 1 atom stereocenters. The van der Waals surface area contributed by atoms with Gasteiger partial charge in [0.15, 0.2) is 9.84 Å². The number of carbonyl (C=O) groups is 1. The second-order valence-electron chi connectivity index (χ2n) is 3.62. The van der Waals surface area contributed by atoms with E-state index in [1.807, 2.05) is 0 Å². The number of methoxy groups -OCH3 is 1. The van der Waals surface area contributed by atoms with Crippen LogP contribution in [0.4, 0.5) is 0 Å². The summed E-state index contributed by atoms with van der Waals surface area (Å²) in [5.74, 6) is 0.212. The maximum Gasteiger partial charge on any atom is 0.153 e. The monoisotopic (exact) mass is 220 g/mol. The Morgan fingerprint density at radius 1 is 1.50 bits per heavy atom. The van der Waals surface area contributed by atoms with Crippen molar-refractivity contribution < 1.29 is 17.9 Å². The van der Waals surface area contributed by atoms with Gasteiger partial charge >= 0.3 is 0 Å². The molecule has 5 heteroatoms. The molecular weight excluding hydrogens is 204 g/mol. The lowest BCUT2D eigenvalue weighted by Gasteiger charge is -2.09. The normalized spacial score (nSPS) is 22.9. The second-order valence-corrected chi connectivity index (χ2v) is 6.02. The SMILES string of the molecule is COCCCS(=O)(=O)C1CCC(=O)C1. The van der Waals surface area contributed by atoms with Crippen LogP contribution in [0.2, 0.25) is 0 Å². The first kappa shape index (κ1) is 11.7. The summed E-state index contributed by atoms with van der Waals surface area (Å²) in [6, 6.07) is 0. The Balaban J connectivity index is 2.45. The van der Waals surface area contributed by atoms with Crippen LogP contribution in [-0.4, -0.2) is 38.9 Å². The number of ketones is 1. The number of hydrogen-bond acceptors (Lipinski definition) is 4. The molecule has 82 valence electrons. The molecule has 0 saturated heterocycles. The van der Waals surface area contributed by atoms with Crippen LogP contribution in [0.1, 0.15) is 25.7 Å². The van der Waals surface area contributed by atoms with E-state index >= 15 is 0 Å². The van der Waals surface area contributed by atoms with Crippen molar-refractivity contribution in [2.24, 2.45) is 0 Å². The van der Waals surface area contributed by atoms with E-state index in [4.69, 9.17) is 4.74 Å². The third-order valence-corrected chi connectivity index (χ3v) is 4.76. The van der Waals surface area contributed by atoms with Gasteiger partial charge in [0, 0.05) is 26.6 Å². The first-order chi connectivity index (χ1) is 6.56. The minimum absolute atomic E-state index is 0.0744. The van der Waals surface area contributed by atoms with Crippen LogP contribution in [0.3, 0.4) is 0 Å². The van der Waals surface area contributed by atoms with Crippen molar-refractivity contribution in [3.05, 3.63) is 0 Å². The van der Waals surface area contributed by atoms with Crippen molar-refractivity contribution in [1.82, 2.24) is 0 Å². The zero-order chi connectivity index (χ0) is 10.6. The highest BCUT2D eigenvalue weighted by molar-refractivity contribution is 7.92. The highest BCUT2D eigenvalue weighted by Crippen LogP contribution is 2.22. The summed E-state index contributed by atoms with van der Waals surface area (Å²) in [6.45, 7) is 0.458. The maximum atomic E-state index is 11.6. The van der Waals surface area contributed by atoms with Gasteiger partial charge in [-0.05, 0) is 12.8 Å². The highest BCUT2D eigenvalue weighted by Gasteiger charge is 2.32. The number of carbonyl (C=O) groups excluding carboxylic acids is 1. The lowest BCUT2D eigenvalue weighted by molar-refractivity contribution is -0.117. The van der Waals surface area contributed by atoms with Gasteiger partial charge in [-0.15, -0.1) is 0 Å². The zero-order valence-electron chi connectivity index (χ0n) is 8.36. The number of rotatable bonds is 5. The van der Waals surface area contributed by atoms with Crippen molar-refractivity contribution in [3.63, 3.8) is 0 Å². The average Bonchev–Trinajstić information content (AvgIpc) is 2.53. The summed E-state index contributed by atoms with van der Waals surface area (Å²) < 4.78 is 28.1. The van der Waals surface area contributed by atoms with Gasteiger partial charge in [0.05, 0.1) is 11.0 Å². The molecule has 1 saturated carbocycles. The van der Waals surface area contributed by atoms with Gasteiger partial charge in [-0.3, -0.25) is 4.79 Å². The number of Topliss-reactive ketones (excluding diaryl/α,β-unsaturated/α-hetero) is 1. The van der Waals surface area contributed by atoms with Gasteiger partial charge in [0.2, 0.25) is 0 Å². The Labute approximate surface area is 84.6 Å². The molecule has 0 radical (unpaired) electrons. The van der Waals surface area contributed by atoms with Gasteiger partial charge in [0.1, 0.15) is 5.78 Å². The van der Waals surface area contributed by atoms with E-state index in [2.05, 4.69) is 0 Å². The molecule has 1 rings (SSSR count). The Hall–Kier alpha value is -0.420. The maximum absolute atomic E-state index is 11.6. The predicted octanol–water partition coefficient (Wildman–Crippen LogP) is 0.559. The van der Waals surface area contributed by atoms with Gasteiger partial charge in [-0.25, -0.2) is 8.42 Å². The molecule has 0 spiro atoms. The number of hydrogen-bond donors (Lipinski definition) is 0. The molecule has 1 aliphatic rings. The molecule has 0 amide bonds. The smallest absolute Gasteiger partial charge is 0.153 e. The average molecular weight is 220 g/mol. The van der Waals surface area contributed by atoms with Crippen LogP contribution in [0.5, 0.6) is 0 Å². The molecule has 1 aliphatic carbocycles. The summed E-state index contributed by atoms with van der Waals surface area (Å²) in [6.07, 6.45) is 1.67. The van der Waals surface area contributed by atoms with Crippen LogP contribution < -0.4 is 0 Å². The molecule has 4 nitrogen and oxygen atoms in total. The molecule has 0 aliphatic heterocycles. The zero-order valence-corrected chi connectivity index (χ0v) is 9.18. The predicted molar refractivity (Wildman–Crippen MR) is 52.9 cm³/mol. The van der Waals surface area contributed by atoms with Crippen molar-refractivity contribution in [2.45, 2.75) is 30.9 Å². The lowest BCUT2D eigenvalue weighted by Crippen LogP contribution is -2.22. The molecule has 0 aromatic carbocycles. The van der Waals surface area contributed by atoms with Crippen molar-refractivity contribution in [3.8, 4) is 0 Å². The van der Waals surface area contributed by atoms with E-state index in [9.17, 15) is 13.2 Å². The molecule has 0 aromatic rings. The Morgan fingerprint density at radius 3 is 2.71 bits per heavy atom. The van der Waals surface area contributed by atoms with Crippen LogP contribution >= 0.6 is 0 Å². The summed E-state index contributed by atoms with van der Waals surface area (Å²) in [5, 5.41) is -0.424. The topological polar surface area (TPSA) is 60.4 Å². The fraction of sp³-hybridized carbons (Fsp3) is 0.889. The molecule has 0 aromatic heterocycles. The van der Waals surface area contributed by atoms with E-state index in [0.717, 1.165) is 0 Å². The van der Waals surface area contributed by atoms with E-state index in [1.54, 1.807) is 7.11 Å². The van der Waals surface area contributed by atoms with E-state index in [-0.39, 0.29) is 18.0 Å². The molecule has 14 heavy (non-hydrogen) atoms. The summed E-state index contributed by atoms with van der Waals surface area (Å²) in [5.41, 5.74) is 0. The van der Waals surface area contributed by atoms with Crippen LogP contribution in [0.25, 0.3) is 0 Å². The fourth-order valence-corrected chi connectivity index (χ4v) is 3.43. The van der Waals surface area contributed by atoms with E-state index in [0.29, 0.717) is 25.9 Å². The van der Waals surface area contributed by atoms with Gasteiger partial charge in [-0.2, -0.15) is 0 Å². The van der Waals surface area contributed by atoms with Crippen molar-refractivity contribution in [1.29, 1.82) is 0 Å². The molecule has 0 heterocycles. The largest absolute Gasteiger partial charge is 0.385 e. The van der Waals surface area contributed by atoms with Crippen LogP contribution in [0, 0.1) is 0 Å². The fourth-order valence-electron chi connectivity index (χ4n) is 1.66. The molecular formula is C9H16O4S. The summed E-state index contributed by atoms with van der Waals surface area (Å²) in [7, 11) is -1.52. The standard InChI is InChI=1S/C9H16O4S/c1-13-5-2-6-14(11,12)9-4-3-8(10)7-9/h9H,2-7H2,1H3. The quantitative estimate of drug-likeness (QED) is 0.635. The molecule has 1 fully saturated rings. The number of ether oxygens (including phenoxy) is 1. The number of sulfone groups is 1. The second kappa shape index (κ2) is 4.89. The van der Waals surface area contributed by atoms with Crippen LogP contribution in [-0.2, 0) is 19.4 Å². The first-order valence-corrected chi connectivity index (χ1v) is 6.50. The van der Waals surface area contributed by atoms with Gasteiger partial charge in [-0.1, -0.05) is 0 Å². The molecule has 1 unspecified atom stereocenters. The van der Waals surface area contributed by atoms with Crippen molar-refractivity contribution >= 4 is 15.6 Å². The minimum atomic E-state index is -3.07. The van der Waals surface area contributed by atoms with E-state index in [1.165, 1.54) is 0 Å². The Morgan fingerprint density at radius 2 is 2.21 bits per heavy atom. The van der Waals surface area contributed by atoms with Gasteiger partial charge in [0.25, 0.3) is 0 Å². The van der Waals surface area contributed by atoms with E-state index < -0.39 is 15.1 Å². The van der Waals surface area contributed by atoms with Crippen LogP contribution in [0.15, 0.2) is 0 Å². The summed E-state index contributed by atoms with van der Waals surface area (Å²) >= 11 is 0. The Kier molecular flexibility index (Phi) is 4.07. The minimum Gasteiger partial charge on any atom is -0.385 e. The highest BCUT2D eigenvalue weighted by atomic mass is 32.2. The molecule has 0 N–H and O–H groups in total. The summed E-state index contributed by atoms with van der Waals surface area (Å²) in [4.78, 5) is 10.9. The third-order valence-electron chi connectivity index (χ3n) is 2.49.